The fourth-order valence-corrected chi connectivity index (χ4v) is 2.50. The predicted molar refractivity (Wildman–Crippen MR) is 65.9 cm³/mol. The van der Waals surface area contributed by atoms with Crippen molar-refractivity contribution in [2.75, 3.05) is 18.8 Å². The number of rotatable bonds is 6. The van der Waals surface area contributed by atoms with Crippen LogP contribution in [0.4, 0.5) is 0 Å². The number of hydrogen-bond acceptors (Lipinski definition) is 2. The molecule has 2 nitrogen and oxygen atoms in total. The molecule has 0 aliphatic carbocycles. The number of nitrogens with one attached hydrogen (secondary N) is 1. The van der Waals surface area contributed by atoms with Gasteiger partial charge in [0.05, 0.1) is 10.8 Å². The topological polar surface area (TPSA) is 29.1 Å². The number of hydrogen-bond donors (Lipinski definition) is 1. The quantitative estimate of drug-likeness (QED) is 0.780. The molecule has 0 fully saturated rings. The fraction of sp³-hybridized carbons (Fsp3) is 0.455. The van der Waals surface area contributed by atoms with Crippen molar-refractivity contribution >= 4 is 22.4 Å². The van der Waals surface area contributed by atoms with Crippen LogP contribution in [0.2, 0.25) is 5.02 Å². The second-order valence-electron chi connectivity index (χ2n) is 3.26. The summed E-state index contributed by atoms with van der Waals surface area (Å²) in [6, 6.07) is 7.23. The minimum Gasteiger partial charge on any atom is -0.316 e. The Morgan fingerprint density at radius 3 is 2.87 bits per heavy atom. The Bertz CT molecular complexity index is 330. The first-order valence-corrected chi connectivity index (χ1v) is 6.78. The Morgan fingerprint density at radius 1 is 1.40 bits per heavy atom. The highest BCUT2D eigenvalue weighted by Gasteiger charge is 2.03. The van der Waals surface area contributed by atoms with Crippen LogP contribution in [0.5, 0.6) is 0 Å². The summed E-state index contributed by atoms with van der Waals surface area (Å²) >= 11 is 5.82. The van der Waals surface area contributed by atoms with E-state index in [2.05, 4.69) is 12.2 Å². The Labute approximate surface area is 98.5 Å². The van der Waals surface area contributed by atoms with Crippen molar-refractivity contribution in [3.8, 4) is 0 Å². The molecule has 0 saturated heterocycles. The van der Waals surface area contributed by atoms with E-state index in [1.54, 1.807) is 12.1 Å². The van der Waals surface area contributed by atoms with Gasteiger partial charge in [0.2, 0.25) is 0 Å². The molecule has 0 spiro atoms. The molecule has 1 rings (SSSR count). The molecule has 0 aliphatic rings. The molecule has 0 aromatic heterocycles. The number of benzene rings is 1. The summed E-state index contributed by atoms with van der Waals surface area (Å²) in [7, 11) is -0.944. The molecule has 0 radical (unpaired) electrons. The van der Waals surface area contributed by atoms with Crippen LogP contribution in [0.15, 0.2) is 29.2 Å². The zero-order valence-electron chi connectivity index (χ0n) is 8.83. The average Bonchev–Trinajstić information content (AvgIpc) is 2.24. The summed E-state index contributed by atoms with van der Waals surface area (Å²) < 4.78 is 11.8. The second kappa shape index (κ2) is 6.99. The largest absolute Gasteiger partial charge is 0.316 e. The highest BCUT2D eigenvalue weighted by Crippen LogP contribution is 2.13. The summed E-state index contributed by atoms with van der Waals surface area (Å²) in [4.78, 5) is 0.806. The van der Waals surface area contributed by atoms with Crippen LogP contribution in [-0.2, 0) is 10.8 Å². The van der Waals surface area contributed by atoms with Gasteiger partial charge < -0.3 is 5.32 Å². The first kappa shape index (κ1) is 12.7. The van der Waals surface area contributed by atoms with E-state index in [0.717, 1.165) is 24.4 Å². The van der Waals surface area contributed by atoms with Gasteiger partial charge in [-0.15, -0.1) is 0 Å². The molecule has 1 atom stereocenters. The van der Waals surface area contributed by atoms with Gasteiger partial charge in [-0.25, -0.2) is 0 Å². The van der Waals surface area contributed by atoms with E-state index in [1.165, 1.54) is 0 Å². The van der Waals surface area contributed by atoms with Crippen LogP contribution >= 0.6 is 11.6 Å². The average molecular weight is 246 g/mol. The predicted octanol–water partition coefficient (Wildman–Crippen LogP) is 2.45. The van der Waals surface area contributed by atoms with Crippen molar-refractivity contribution in [3.05, 3.63) is 29.3 Å². The van der Waals surface area contributed by atoms with Crippen molar-refractivity contribution in [1.29, 1.82) is 0 Å². The van der Waals surface area contributed by atoms with E-state index >= 15 is 0 Å². The van der Waals surface area contributed by atoms with E-state index in [0.29, 0.717) is 10.8 Å². The number of halogens is 1. The fourth-order valence-electron chi connectivity index (χ4n) is 1.19. The third kappa shape index (κ3) is 4.78. The van der Waals surface area contributed by atoms with Gasteiger partial charge in [0.15, 0.2) is 0 Å². The Morgan fingerprint density at radius 2 is 2.20 bits per heavy atom. The van der Waals surface area contributed by atoms with Crippen LogP contribution < -0.4 is 5.32 Å². The molecular formula is C11H16ClNOS. The molecule has 0 heterocycles. The monoisotopic (exact) mass is 245 g/mol. The van der Waals surface area contributed by atoms with E-state index in [1.807, 2.05) is 12.1 Å². The van der Waals surface area contributed by atoms with Crippen LogP contribution in [0.25, 0.3) is 0 Å². The molecular weight excluding hydrogens is 230 g/mol. The summed E-state index contributed by atoms with van der Waals surface area (Å²) in [5, 5.41) is 3.87. The summed E-state index contributed by atoms with van der Waals surface area (Å²) in [5.74, 6) is 0.639. The first-order chi connectivity index (χ1) is 7.24. The molecule has 0 bridgehead atoms. The third-order valence-corrected chi connectivity index (χ3v) is 3.54. The lowest BCUT2D eigenvalue weighted by Crippen LogP contribution is -2.21. The molecule has 0 saturated carbocycles. The zero-order chi connectivity index (χ0) is 11.1. The second-order valence-corrected chi connectivity index (χ2v) is 5.26. The van der Waals surface area contributed by atoms with Gasteiger partial charge in [-0.2, -0.15) is 0 Å². The van der Waals surface area contributed by atoms with Crippen molar-refractivity contribution < 1.29 is 4.21 Å². The van der Waals surface area contributed by atoms with Gasteiger partial charge in [0.25, 0.3) is 0 Å². The summed E-state index contributed by atoms with van der Waals surface area (Å²) in [5.41, 5.74) is 0. The molecule has 1 aromatic rings. The molecule has 1 unspecified atom stereocenters. The normalized spacial score (nSPS) is 12.7. The molecule has 0 aliphatic heterocycles. The summed E-state index contributed by atoms with van der Waals surface area (Å²) in [6.07, 6.45) is 1.10. The molecule has 4 heteroatoms. The van der Waals surface area contributed by atoms with Crippen LogP contribution in [-0.4, -0.2) is 23.1 Å². The third-order valence-electron chi connectivity index (χ3n) is 1.95. The minimum atomic E-state index is -0.944. The maximum Gasteiger partial charge on any atom is 0.0542 e. The van der Waals surface area contributed by atoms with Gasteiger partial charge >= 0.3 is 0 Å². The van der Waals surface area contributed by atoms with Gasteiger partial charge in [-0.1, -0.05) is 24.6 Å². The van der Waals surface area contributed by atoms with Crippen molar-refractivity contribution in [2.45, 2.75) is 18.2 Å². The van der Waals surface area contributed by atoms with Gasteiger partial charge in [-0.05, 0) is 31.2 Å². The Kier molecular flexibility index (Phi) is 5.91. The highest BCUT2D eigenvalue weighted by atomic mass is 35.5. The van der Waals surface area contributed by atoms with E-state index in [-0.39, 0.29) is 0 Å². The SMILES string of the molecule is CCCNCCS(=O)c1cccc(Cl)c1. The lowest BCUT2D eigenvalue weighted by atomic mass is 10.4. The molecule has 0 amide bonds. The lowest BCUT2D eigenvalue weighted by molar-refractivity contribution is 0.669. The maximum absolute atomic E-state index is 11.8. The Balaban J connectivity index is 2.40. The molecule has 1 N–H and O–H groups in total. The van der Waals surface area contributed by atoms with Crippen LogP contribution in [0.3, 0.4) is 0 Å². The zero-order valence-corrected chi connectivity index (χ0v) is 10.4. The molecule has 1 aromatic carbocycles. The van der Waals surface area contributed by atoms with Crippen LogP contribution in [0.1, 0.15) is 13.3 Å². The smallest absolute Gasteiger partial charge is 0.0542 e. The van der Waals surface area contributed by atoms with Crippen molar-refractivity contribution in [2.24, 2.45) is 0 Å². The van der Waals surface area contributed by atoms with Crippen molar-refractivity contribution in [3.63, 3.8) is 0 Å². The molecule has 84 valence electrons. The first-order valence-electron chi connectivity index (χ1n) is 5.08. The van der Waals surface area contributed by atoms with Crippen LogP contribution in [0, 0.1) is 0 Å². The minimum absolute atomic E-state index is 0.639. The van der Waals surface area contributed by atoms with Crippen molar-refractivity contribution in [1.82, 2.24) is 5.32 Å². The Hall–Kier alpha value is -0.380. The molecule has 15 heavy (non-hydrogen) atoms. The lowest BCUT2D eigenvalue weighted by Gasteiger charge is -2.03. The standard InChI is InChI=1S/C11H16ClNOS/c1-2-6-13-7-8-15(14)11-5-3-4-10(12)9-11/h3-5,9,13H,2,6-8H2,1H3. The van der Waals surface area contributed by atoms with Gasteiger partial charge in [-0.3, -0.25) is 4.21 Å². The van der Waals surface area contributed by atoms with Gasteiger partial charge in [0.1, 0.15) is 0 Å². The highest BCUT2D eigenvalue weighted by molar-refractivity contribution is 7.85. The van der Waals surface area contributed by atoms with E-state index < -0.39 is 10.8 Å². The van der Waals surface area contributed by atoms with E-state index in [4.69, 9.17) is 11.6 Å². The summed E-state index contributed by atoms with van der Waals surface area (Å²) in [6.45, 7) is 3.88. The van der Waals surface area contributed by atoms with Gasteiger partial charge in [0, 0.05) is 22.2 Å². The van der Waals surface area contributed by atoms with E-state index in [9.17, 15) is 4.21 Å². The maximum atomic E-state index is 11.8.